The number of piperidine rings is 1. The minimum atomic E-state index is -0.468. The predicted molar refractivity (Wildman–Crippen MR) is 136 cm³/mol. The summed E-state index contributed by atoms with van der Waals surface area (Å²) >= 11 is 5.93. The van der Waals surface area contributed by atoms with Gasteiger partial charge in [0.05, 0.1) is 24.3 Å². The maximum Gasteiger partial charge on any atom is 0.162 e. The number of ether oxygens (including phenoxy) is 2. The smallest absolute Gasteiger partial charge is 0.162 e. The molecule has 3 aromatic rings. The van der Waals surface area contributed by atoms with Crippen LogP contribution in [0.15, 0.2) is 36.7 Å². The Morgan fingerprint density at radius 2 is 2.06 bits per heavy atom. The molecule has 1 N–H and O–H groups in total. The topological polar surface area (TPSA) is 62.8 Å². The Hall–Kier alpha value is -2.68. The predicted octanol–water partition coefficient (Wildman–Crippen LogP) is 4.97. The third-order valence-corrected chi connectivity index (χ3v) is 7.40. The third-order valence-electron chi connectivity index (χ3n) is 7.11. The second-order valence-corrected chi connectivity index (χ2v) is 9.82. The highest BCUT2D eigenvalue weighted by atomic mass is 35.5. The molecule has 2 saturated heterocycles. The molecule has 0 saturated carbocycles. The Kier molecular flexibility index (Phi) is 7.22. The molecule has 0 amide bonds. The Balaban J connectivity index is 1.26. The van der Waals surface area contributed by atoms with Crippen LogP contribution in [0.3, 0.4) is 0 Å². The quantitative estimate of drug-likeness (QED) is 0.439. The van der Waals surface area contributed by atoms with Crippen LogP contribution in [0.5, 0.6) is 11.5 Å². The Morgan fingerprint density at radius 3 is 2.86 bits per heavy atom. The zero-order valence-corrected chi connectivity index (χ0v) is 20.9. The van der Waals surface area contributed by atoms with Crippen molar-refractivity contribution in [1.29, 1.82) is 0 Å². The zero-order chi connectivity index (χ0) is 24.4. The standard InChI is InChI=1S/C26H31ClFN5O2/c1-32-8-3-5-17-14-33(15-23(17)32)9-4-10-35-25-12-19-22(13-24(25)34-2)29-16-30-26(19)31-18-6-7-21(28)20(27)11-18/h6-7,11-13,16-17,23H,3-5,8-10,14-15H2,1-2H3,(H,29,30,31). The van der Waals surface area contributed by atoms with Crippen molar-refractivity contribution >= 4 is 34.0 Å². The van der Waals surface area contributed by atoms with Crippen LogP contribution in [0.4, 0.5) is 15.9 Å². The van der Waals surface area contributed by atoms with E-state index in [9.17, 15) is 4.39 Å². The van der Waals surface area contributed by atoms with E-state index in [4.69, 9.17) is 21.1 Å². The average Bonchev–Trinajstić information content (AvgIpc) is 3.28. The van der Waals surface area contributed by atoms with E-state index in [0.29, 0.717) is 41.2 Å². The van der Waals surface area contributed by atoms with Gasteiger partial charge < -0.3 is 24.6 Å². The maximum absolute atomic E-state index is 13.5. The zero-order valence-electron chi connectivity index (χ0n) is 20.1. The van der Waals surface area contributed by atoms with Gasteiger partial charge in [-0.25, -0.2) is 14.4 Å². The first-order valence-electron chi connectivity index (χ1n) is 12.1. The number of likely N-dealkylation sites (tertiary alicyclic amines) is 2. The van der Waals surface area contributed by atoms with E-state index in [1.807, 2.05) is 12.1 Å². The highest BCUT2D eigenvalue weighted by Gasteiger charge is 2.36. The minimum absolute atomic E-state index is 0.0444. The molecule has 0 spiro atoms. The molecule has 0 radical (unpaired) electrons. The molecule has 7 nitrogen and oxygen atoms in total. The molecule has 0 bridgehead atoms. The Labute approximate surface area is 210 Å². The van der Waals surface area contributed by atoms with Crippen LogP contribution in [-0.4, -0.2) is 72.8 Å². The van der Waals surface area contributed by atoms with Crippen LogP contribution < -0.4 is 14.8 Å². The fourth-order valence-electron chi connectivity index (χ4n) is 5.29. The highest BCUT2D eigenvalue weighted by Crippen LogP contribution is 2.35. The van der Waals surface area contributed by atoms with Crippen LogP contribution in [0.25, 0.3) is 10.9 Å². The van der Waals surface area contributed by atoms with Gasteiger partial charge in [-0.05, 0) is 63.0 Å². The summed E-state index contributed by atoms with van der Waals surface area (Å²) in [6, 6.07) is 8.89. The molecular formula is C26H31ClFN5O2. The van der Waals surface area contributed by atoms with E-state index in [-0.39, 0.29) is 5.02 Å². The number of hydrogen-bond acceptors (Lipinski definition) is 7. The first-order valence-corrected chi connectivity index (χ1v) is 12.5. The summed E-state index contributed by atoms with van der Waals surface area (Å²) in [4.78, 5) is 13.8. The van der Waals surface area contributed by atoms with Gasteiger partial charge in [0.15, 0.2) is 11.5 Å². The van der Waals surface area contributed by atoms with Crippen LogP contribution in [0.2, 0.25) is 5.02 Å². The van der Waals surface area contributed by atoms with Crippen LogP contribution in [-0.2, 0) is 0 Å². The monoisotopic (exact) mass is 499 g/mol. The SMILES string of the molecule is COc1cc2ncnc(Nc3ccc(F)c(Cl)c3)c2cc1OCCCN1CC2CCCN(C)C2C1. The van der Waals surface area contributed by atoms with Gasteiger partial charge in [0.2, 0.25) is 0 Å². The van der Waals surface area contributed by atoms with Crippen molar-refractivity contribution in [3.63, 3.8) is 0 Å². The van der Waals surface area contributed by atoms with Crippen LogP contribution in [0.1, 0.15) is 19.3 Å². The second-order valence-electron chi connectivity index (χ2n) is 9.41. The minimum Gasteiger partial charge on any atom is -0.493 e. The number of nitrogens with zero attached hydrogens (tertiary/aromatic N) is 4. The van der Waals surface area contributed by atoms with Crippen molar-refractivity contribution < 1.29 is 13.9 Å². The normalized spacial score (nSPS) is 20.7. The third kappa shape index (κ3) is 5.29. The molecule has 35 heavy (non-hydrogen) atoms. The van der Waals surface area contributed by atoms with E-state index in [0.717, 1.165) is 30.8 Å². The van der Waals surface area contributed by atoms with Crippen LogP contribution >= 0.6 is 11.6 Å². The molecule has 3 heterocycles. The second kappa shape index (κ2) is 10.5. The summed E-state index contributed by atoms with van der Waals surface area (Å²) in [5.41, 5.74) is 1.34. The molecule has 2 aliphatic heterocycles. The van der Waals surface area contributed by atoms with Gasteiger partial charge in [-0.15, -0.1) is 0 Å². The maximum atomic E-state index is 13.5. The summed E-state index contributed by atoms with van der Waals surface area (Å²) in [5, 5.41) is 4.02. The number of benzene rings is 2. The van der Waals surface area contributed by atoms with E-state index in [2.05, 4.69) is 32.1 Å². The van der Waals surface area contributed by atoms with Gasteiger partial charge in [-0.3, -0.25) is 0 Å². The van der Waals surface area contributed by atoms with E-state index in [1.165, 1.54) is 44.4 Å². The highest BCUT2D eigenvalue weighted by molar-refractivity contribution is 6.31. The summed E-state index contributed by atoms with van der Waals surface area (Å²) in [5.74, 6) is 2.18. The number of likely N-dealkylation sites (N-methyl/N-ethyl adjacent to an activating group) is 1. The molecule has 2 aromatic carbocycles. The molecule has 2 fully saturated rings. The lowest BCUT2D eigenvalue weighted by Crippen LogP contribution is -2.42. The average molecular weight is 500 g/mol. The number of aromatic nitrogens is 2. The Bertz CT molecular complexity index is 1200. The van der Waals surface area contributed by atoms with E-state index >= 15 is 0 Å². The van der Waals surface area contributed by atoms with Crippen LogP contribution in [0, 0.1) is 11.7 Å². The first-order chi connectivity index (χ1) is 17.0. The van der Waals surface area contributed by atoms with Gasteiger partial charge in [0, 0.05) is 42.8 Å². The van der Waals surface area contributed by atoms with Crippen molar-refractivity contribution in [3.05, 3.63) is 47.5 Å². The molecule has 186 valence electrons. The Morgan fingerprint density at radius 1 is 1.17 bits per heavy atom. The molecule has 2 aliphatic rings. The number of methoxy groups -OCH3 is 1. The van der Waals surface area contributed by atoms with E-state index < -0.39 is 5.82 Å². The number of anilines is 2. The fraction of sp³-hybridized carbons (Fsp3) is 0.462. The summed E-state index contributed by atoms with van der Waals surface area (Å²) in [6.45, 7) is 5.18. The van der Waals surface area contributed by atoms with Gasteiger partial charge in [0.25, 0.3) is 0 Å². The van der Waals surface area contributed by atoms with Crippen molar-refractivity contribution in [2.24, 2.45) is 5.92 Å². The molecular weight excluding hydrogens is 469 g/mol. The number of fused-ring (bicyclic) bond motifs is 2. The molecule has 1 aromatic heterocycles. The van der Waals surface area contributed by atoms with Crippen molar-refractivity contribution in [2.45, 2.75) is 25.3 Å². The number of hydrogen-bond donors (Lipinski definition) is 1. The number of nitrogens with one attached hydrogen (secondary N) is 1. The van der Waals surface area contributed by atoms with Crippen molar-refractivity contribution in [3.8, 4) is 11.5 Å². The fourth-order valence-corrected chi connectivity index (χ4v) is 5.47. The lowest BCUT2D eigenvalue weighted by atomic mass is 9.93. The van der Waals surface area contributed by atoms with Gasteiger partial charge in [-0.1, -0.05) is 11.6 Å². The summed E-state index contributed by atoms with van der Waals surface area (Å²) in [6.07, 6.45) is 5.07. The summed E-state index contributed by atoms with van der Waals surface area (Å²) < 4.78 is 25.3. The lowest BCUT2D eigenvalue weighted by Gasteiger charge is -2.33. The number of halogens is 2. The van der Waals surface area contributed by atoms with Gasteiger partial charge in [-0.2, -0.15) is 0 Å². The molecule has 5 rings (SSSR count). The van der Waals surface area contributed by atoms with Gasteiger partial charge in [0.1, 0.15) is 18.0 Å². The summed E-state index contributed by atoms with van der Waals surface area (Å²) in [7, 11) is 3.88. The molecule has 2 unspecified atom stereocenters. The van der Waals surface area contributed by atoms with Crippen molar-refractivity contribution in [1.82, 2.24) is 19.8 Å². The van der Waals surface area contributed by atoms with E-state index in [1.54, 1.807) is 13.2 Å². The van der Waals surface area contributed by atoms with Crippen molar-refractivity contribution in [2.75, 3.05) is 52.3 Å². The number of rotatable bonds is 8. The van der Waals surface area contributed by atoms with Gasteiger partial charge >= 0.3 is 0 Å². The largest absolute Gasteiger partial charge is 0.493 e. The molecule has 9 heteroatoms. The first kappa shape index (κ1) is 24.0. The molecule has 2 atom stereocenters. The lowest BCUT2D eigenvalue weighted by molar-refractivity contribution is 0.156. The molecule has 0 aliphatic carbocycles.